The largest absolute Gasteiger partial charge is 0.483 e. The number of hydrogen-bond acceptors (Lipinski definition) is 4. The van der Waals surface area contributed by atoms with Crippen LogP contribution in [0.25, 0.3) is 6.08 Å². The molecule has 0 aromatic heterocycles. The number of aryl methyl sites for hydroxylation is 2. The highest BCUT2D eigenvalue weighted by molar-refractivity contribution is 7.92. The average Bonchev–Trinajstić information content (AvgIpc) is 2.60. The van der Waals surface area contributed by atoms with E-state index in [-0.39, 0.29) is 6.61 Å². The maximum Gasteiger partial charge on any atom is 0.272 e. The summed E-state index contributed by atoms with van der Waals surface area (Å²) in [5, 5.41) is 0.980. The molecular formula is C18H20N2O4S. The lowest BCUT2D eigenvalue weighted by Crippen LogP contribution is -2.42. The molecule has 7 heteroatoms. The zero-order valence-corrected chi connectivity index (χ0v) is 14.8. The molecule has 6 nitrogen and oxygen atoms in total. The number of sulfonamides is 1. The van der Waals surface area contributed by atoms with Gasteiger partial charge in [0, 0.05) is 5.41 Å². The summed E-state index contributed by atoms with van der Waals surface area (Å²) in [4.78, 5) is 13.7. The Hall–Kier alpha value is -2.64. The summed E-state index contributed by atoms with van der Waals surface area (Å²) in [6.07, 6.45) is 1.43. The van der Waals surface area contributed by atoms with Gasteiger partial charge in [-0.3, -0.25) is 10.2 Å². The third kappa shape index (κ3) is 6.40. The number of carbonyl (C=O) groups is 1. The minimum absolute atomic E-state index is 0.296. The number of rotatable bonds is 7. The van der Waals surface area contributed by atoms with Gasteiger partial charge >= 0.3 is 0 Å². The second-order valence-corrected chi connectivity index (χ2v) is 7.03. The van der Waals surface area contributed by atoms with Crippen LogP contribution < -0.4 is 15.0 Å². The van der Waals surface area contributed by atoms with E-state index in [2.05, 4.69) is 5.43 Å². The first-order chi connectivity index (χ1) is 11.9. The van der Waals surface area contributed by atoms with Gasteiger partial charge in [-0.15, -0.1) is 4.83 Å². The van der Waals surface area contributed by atoms with E-state index in [4.69, 9.17) is 4.74 Å². The van der Waals surface area contributed by atoms with Crippen LogP contribution in [0.1, 0.15) is 16.7 Å². The number of hydrogen-bond donors (Lipinski definition) is 2. The van der Waals surface area contributed by atoms with E-state index in [9.17, 15) is 13.2 Å². The molecule has 2 rings (SSSR count). The third-order valence-electron chi connectivity index (χ3n) is 3.27. The van der Waals surface area contributed by atoms with Crippen molar-refractivity contribution in [3.05, 3.63) is 70.6 Å². The van der Waals surface area contributed by atoms with E-state index in [0.29, 0.717) is 5.75 Å². The first kappa shape index (κ1) is 18.7. The third-order valence-corrected chi connectivity index (χ3v) is 4.16. The molecule has 0 saturated heterocycles. The molecule has 2 N–H and O–H groups in total. The summed E-state index contributed by atoms with van der Waals surface area (Å²) in [7, 11) is -3.79. The fourth-order valence-electron chi connectivity index (χ4n) is 1.94. The Kier molecular flexibility index (Phi) is 6.32. The van der Waals surface area contributed by atoms with Crippen molar-refractivity contribution in [2.24, 2.45) is 0 Å². The minimum atomic E-state index is -3.79. The summed E-state index contributed by atoms with van der Waals surface area (Å²) in [5.74, 6) is -0.0143. The molecule has 0 aliphatic rings. The summed E-state index contributed by atoms with van der Waals surface area (Å²) in [6, 6.07) is 14.6. The van der Waals surface area contributed by atoms with Gasteiger partial charge in [0.2, 0.25) is 0 Å². The number of amides is 1. The molecule has 2 aromatic rings. The van der Waals surface area contributed by atoms with Crippen molar-refractivity contribution in [1.82, 2.24) is 10.3 Å². The van der Waals surface area contributed by atoms with Crippen molar-refractivity contribution in [3.8, 4) is 5.75 Å². The molecule has 0 unspecified atom stereocenters. The van der Waals surface area contributed by atoms with E-state index in [1.165, 1.54) is 6.08 Å². The lowest BCUT2D eigenvalue weighted by molar-refractivity contribution is -0.123. The van der Waals surface area contributed by atoms with Crippen molar-refractivity contribution >= 4 is 22.0 Å². The van der Waals surface area contributed by atoms with Crippen LogP contribution in [-0.4, -0.2) is 20.9 Å². The Balaban J connectivity index is 1.84. The second kappa shape index (κ2) is 8.46. The fourth-order valence-corrected chi connectivity index (χ4v) is 2.60. The topological polar surface area (TPSA) is 84.5 Å². The van der Waals surface area contributed by atoms with Crippen LogP contribution in [0.4, 0.5) is 0 Å². The highest BCUT2D eigenvalue weighted by Crippen LogP contribution is 2.18. The van der Waals surface area contributed by atoms with Crippen LogP contribution in [0.5, 0.6) is 5.75 Å². The van der Waals surface area contributed by atoms with E-state index >= 15 is 0 Å². The van der Waals surface area contributed by atoms with Crippen molar-refractivity contribution in [2.75, 3.05) is 6.61 Å². The fraction of sp³-hybridized carbons (Fsp3) is 0.167. The van der Waals surface area contributed by atoms with Gasteiger partial charge < -0.3 is 4.74 Å². The quantitative estimate of drug-likeness (QED) is 0.742. The van der Waals surface area contributed by atoms with E-state index < -0.39 is 15.9 Å². The van der Waals surface area contributed by atoms with Crippen LogP contribution in [0.15, 0.2) is 53.9 Å². The van der Waals surface area contributed by atoms with Gasteiger partial charge in [-0.1, -0.05) is 42.5 Å². The summed E-state index contributed by atoms with van der Waals surface area (Å²) in [5.41, 5.74) is 4.74. The SMILES string of the molecule is Cc1ccc(C)c(OCC(=O)NNS(=O)(=O)/C=C/c2ccccc2)c1. The van der Waals surface area contributed by atoms with Crippen LogP contribution in [0.2, 0.25) is 0 Å². The number of ether oxygens (including phenoxy) is 1. The maximum absolute atomic E-state index is 11.8. The molecular weight excluding hydrogens is 340 g/mol. The molecule has 0 aliphatic carbocycles. The number of benzene rings is 2. The van der Waals surface area contributed by atoms with E-state index in [1.54, 1.807) is 24.3 Å². The predicted octanol–water partition coefficient (Wildman–Crippen LogP) is 2.30. The van der Waals surface area contributed by atoms with E-state index in [1.807, 2.05) is 42.9 Å². The van der Waals surface area contributed by atoms with Crippen molar-refractivity contribution in [3.63, 3.8) is 0 Å². The number of nitrogens with one attached hydrogen (secondary N) is 2. The van der Waals surface area contributed by atoms with Gasteiger partial charge in [0.15, 0.2) is 6.61 Å². The minimum Gasteiger partial charge on any atom is -0.483 e. The van der Waals surface area contributed by atoms with Crippen LogP contribution in [0.3, 0.4) is 0 Å². The highest BCUT2D eigenvalue weighted by Gasteiger charge is 2.09. The molecule has 0 heterocycles. The molecule has 2 aromatic carbocycles. The van der Waals surface area contributed by atoms with Crippen molar-refractivity contribution < 1.29 is 17.9 Å². The van der Waals surface area contributed by atoms with Crippen molar-refractivity contribution in [2.45, 2.75) is 13.8 Å². The Morgan fingerprint density at radius 2 is 1.84 bits per heavy atom. The molecule has 0 spiro atoms. The van der Waals surface area contributed by atoms with Crippen molar-refractivity contribution in [1.29, 1.82) is 0 Å². The van der Waals surface area contributed by atoms with Gasteiger partial charge in [-0.25, -0.2) is 8.42 Å². The maximum atomic E-state index is 11.8. The zero-order valence-electron chi connectivity index (χ0n) is 14.0. The van der Waals surface area contributed by atoms with Gasteiger partial charge in [0.1, 0.15) is 5.75 Å². The lowest BCUT2D eigenvalue weighted by Gasteiger charge is -2.10. The predicted molar refractivity (Wildman–Crippen MR) is 97.1 cm³/mol. The molecule has 0 aliphatic heterocycles. The molecule has 0 radical (unpaired) electrons. The summed E-state index contributed by atoms with van der Waals surface area (Å²) < 4.78 is 29.1. The number of carbonyl (C=O) groups excluding carboxylic acids is 1. The van der Waals surface area contributed by atoms with E-state index in [0.717, 1.165) is 22.1 Å². The monoisotopic (exact) mass is 360 g/mol. The van der Waals surface area contributed by atoms with Crippen LogP contribution in [0, 0.1) is 13.8 Å². The molecule has 0 fully saturated rings. The second-order valence-electron chi connectivity index (χ2n) is 5.47. The first-order valence-electron chi connectivity index (χ1n) is 7.59. The molecule has 0 saturated carbocycles. The molecule has 1 amide bonds. The lowest BCUT2D eigenvalue weighted by atomic mass is 10.1. The standard InChI is InChI=1S/C18H20N2O4S/c1-14-8-9-15(2)17(12-14)24-13-18(21)19-20-25(22,23)11-10-16-6-4-3-5-7-16/h3-12,20H,13H2,1-2H3,(H,19,21)/b11-10+. The van der Waals surface area contributed by atoms with Gasteiger partial charge in [-0.2, -0.15) is 0 Å². The Morgan fingerprint density at radius 1 is 1.12 bits per heavy atom. The summed E-state index contributed by atoms with van der Waals surface area (Å²) in [6.45, 7) is 3.48. The zero-order chi connectivity index (χ0) is 18.3. The Labute approximate surface area is 147 Å². The highest BCUT2D eigenvalue weighted by atomic mass is 32.2. The average molecular weight is 360 g/mol. The van der Waals surface area contributed by atoms with Gasteiger partial charge in [-0.05, 0) is 42.7 Å². The Morgan fingerprint density at radius 3 is 2.56 bits per heavy atom. The molecule has 25 heavy (non-hydrogen) atoms. The molecule has 0 atom stereocenters. The Bertz CT molecular complexity index is 862. The summed E-state index contributed by atoms with van der Waals surface area (Å²) >= 11 is 0. The number of hydrazine groups is 1. The normalized spacial score (nSPS) is 11.4. The van der Waals surface area contributed by atoms with Gasteiger partial charge in [0.05, 0.1) is 0 Å². The first-order valence-corrected chi connectivity index (χ1v) is 9.14. The smallest absolute Gasteiger partial charge is 0.272 e. The molecule has 0 bridgehead atoms. The van der Waals surface area contributed by atoms with Crippen LogP contribution >= 0.6 is 0 Å². The van der Waals surface area contributed by atoms with Gasteiger partial charge in [0.25, 0.3) is 15.9 Å². The van der Waals surface area contributed by atoms with Crippen LogP contribution in [-0.2, 0) is 14.8 Å². The molecule has 132 valence electrons.